The summed E-state index contributed by atoms with van der Waals surface area (Å²) in [5, 5.41) is 4.24. The lowest BCUT2D eigenvalue weighted by Gasteiger charge is -2.11. The summed E-state index contributed by atoms with van der Waals surface area (Å²) in [5.74, 6) is 2.04. The molecule has 3 rings (SSSR count). The molecule has 24 heavy (non-hydrogen) atoms. The van der Waals surface area contributed by atoms with E-state index in [0.29, 0.717) is 11.5 Å². The summed E-state index contributed by atoms with van der Waals surface area (Å²) in [6.07, 6.45) is 2.39. The molecule has 0 saturated heterocycles. The minimum absolute atomic E-state index is 0.638. The molecule has 1 aromatic heterocycles. The number of benzene rings is 2. The van der Waals surface area contributed by atoms with Crippen molar-refractivity contribution in [2.24, 2.45) is 0 Å². The summed E-state index contributed by atoms with van der Waals surface area (Å²) in [6.45, 7) is 0.738. The van der Waals surface area contributed by atoms with E-state index in [2.05, 4.69) is 21.4 Å². The van der Waals surface area contributed by atoms with Crippen molar-refractivity contribution in [2.75, 3.05) is 24.7 Å². The second kappa shape index (κ2) is 7.52. The van der Waals surface area contributed by atoms with Crippen molar-refractivity contribution in [1.82, 2.24) is 9.97 Å². The highest BCUT2D eigenvalue weighted by Gasteiger charge is 2.11. The zero-order chi connectivity index (χ0) is 16.9. The molecule has 0 unspecified atom stereocenters. The number of anilines is 2. The van der Waals surface area contributed by atoms with E-state index in [1.54, 1.807) is 7.11 Å². The Morgan fingerprint density at radius 1 is 1.17 bits per heavy atom. The third-order valence-corrected chi connectivity index (χ3v) is 4.14. The van der Waals surface area contributed by atoms with Crippen molar-refractivity contribution in [3.63, 3.8) is 0 Å². The number of nitrogens with two attached hydrogens (primary N) is 1. The maximum atomic E-state index is 5.81. The lowest BCUT2D eigenvalue weighted by atomic mass is 10.1. The summed E-state index contributed by atoms with van der Waals surface area (Å²) < 4.78 is 10.6. The van der Waals surface area contributed by atoms with Crippen LogP contribution in [0.25, 0.3) is 10.9 Å². The van der Waals surface area contributed by atoms with Crippen LogP contribution in [-0.2, 0) is 6.42 Å². The first-order chi connectivity index (χ1) is 11.7. The van der Waals surface area contributed by atoms with Crippen molar-refractivity contribution in [2.45, 2.75) is 6.42 Å². The van der Waals surface area contributed by atoms with Crippen LogP contribution in [0.1, 0.15) is 5.56 Å². The number of hydrogen-bond donors (Lipinski definition) is 2. The third kappa shape index (κ3) is 3.61. The number of halogens is 1. The molecular weight excluding hydrogens is 419 g/mol. The highest BCUT2D eigenvalue weighted by atomic mass is 127. The van der Waals surface area contributed by atoms with Gasteiger partial charge in [0, 0.05) is 23.7 Å². The molecule has 0 amide bonds. The van der Waals surface area contributed by atoms with E-state index in [4.69, 9.17) is 13.5 Å². The Bertz CT molecular complexity index is 857. The first kappa shape index (κ1) is 16.6. The largest absolute Gasteiger partial charge is 0.493 e. The molecule has 3 N–H and O–H groups in total. The second-order valence-electron chi connectivity index (χ2n) is 5.24. The molecule has 0 atom stereocenters. The lowest BCUT2D eigenvalue weighted by molar-refractivity contribution is 0.404. The fraction of sp³-hybridized carbons (Fsp3) is 0.176. The van der Waals surface area contributed by atoms with Crippen LogP contribution in [0.3, 0.4) is 0 Å². The van der Waals surface area contributed by atoms with E-state index >= 15 is 0 Å². The van der Waals surface area contributed by atoms with Crippen molar-refractivity contribution in [1.29, 1.82) is 0 Å². The topological polar surface area (TPSA) is 82.3 Å². The molecule has 3 aromatic rings. The summed E-state index contributed by atoms with van der Waals surface area (Å²) >= 11 is 1.83. The molecule has 0 aliphatic heterocycles. The number of aromatic nitrogens is 2. The normalized spacial score (nSPS) is 10.6. The fourth-order valence-electron chi connectivity index (χ4n) is 2.50. The Hall–Kier alpha value is -2.29. The number of ether oxygens (including phenoxy) is 1. The first-order valence-electron chi connectivity index (χ1n) is 7.41. The third-order valence-electron chi connectivity index (χ3n) is 3.66. The minimum Gasteiger partial charge on any atom is -0.493 e. The first-order valence-corrected chi connectivity index (χ1v) is 8.29. The van der Waals surface area contributed by atoms with E-state index in [-0.39, 0.29) is 0 Å². The highest BCUT2D eigenvalue weighted by molar-refractivity contribution is 14.1. The molecule has 0 spiro atoms. The van der Waals surface area contributed by atoms with Gasteiger partial charge in [-0.15, -0.1) is 0 Å². The highest BCUT2D eigenvalue weighted by Crippen LogP contribution is 2.34. The van der Waals surface area contributed by atoms with E-state index in [1.807, 2.05) is 53.3 Å². The summed E-state index contributed by atoms with van der Waals surface area (Å²) in [6, 6.07) is 11.6. The predicted octanol–water partition coefficient (Wildman–Crippen LogP) is 3.60. The van der Waals surface area contributed by atoms with Gasteiger partial charge in [0.25, 0.3) is 0 Å². The summed E-state index contributed by atoms with van der Waals surface area (Å²) in [4.78, 5) is 8.64. The Labute approximate surface area is 154 Å². The van der Waals surface area contributed by atoms with Crippen LogP contribution in [0.4, 0.5) is 11.5 Å². The fourth-order valence-corrected chi connectivity index (χ4v) is 2.84. The SMILES string of the molecule is COc1cc2ncnc(NCCc3cccc(N)c3)c2cc1OI. The van der Waals surface area contributed by atoms with Gasteiger partial charge in [-0.2, -0.15) is 0 Å². The maximum absolute atomic E-state index is 5.81. The Morgan fingerprint density at radius 2 is 2.04 bits per heavy atom. The second-order valence-corrected chi connectivity index (χ2v) is 5.68. The number of methoxy groups -OCH3 is 1. The van der Waals surface area contributed by atoms with Crippen LogP contribution in [0.5, 0.6) is 11.5 Å². The van der Waals surface area contributed by atoms with Crippen molar-refractivity contribution >= 4 is 45.4 Å². The Morgan fingerprint density at radius 3 is 2.79 bits per heavy atom. The number of rotatable bonds is 6. The van der Waals surface area contributed by atoms with Gasteiger partial charge in [0.1, 0.15) is 12.1 Å². The van der Waals surface area contributed by atoms with Gasteiger partial charge < -0.3 is 18.9 Å². The molecule has 0 aliphatic carbocycles. The summed E-state index contributed by atoms with van der Waals surface area (Å²) in [7, 11) is 1.60. The van der Waals surface area contributed by atoms with Crippen molar-refractivity contribution in [3.8, 4) is 11.5 Å². The predicted molar refractivity (Wildman–Crippen MR) is 104 cm³/mol. The number of nitrogens with zero attached hydrogens (tertiary/aromatic N) is 2. The quantitative estimate of drug-likeness (QED) is 0.454. The molecule has 7 heteroatoms. The van der Waals surface area contributed by atoms with Gasteiger partial charge >= 0.3 is 0 Å². The van der Waals surface area contributed by atoms with Gasteiger partial charge in [-0.1, -0.05) is 12.1 Å². The number of nitrogen functional groups attached to an aromatic ring is 1. The van der Waals surface area contributed by atoms with E-state index in [9.17, 15) is 0 Å². The molecular formula is C17H17IN4O2. The Balaban J connectivity index is 1.81. The van der Waals surface area contributed by atoms with Crippen LogP contribution in [-0.4, -0.2) is 23.6 Å². The summed E-state index contributed by atoms with van der Waals surface area (Å²) in [5.41, 5.74) is 8.56. The molecule has 0 bridgehead atoms. The van der Waals surface area contributed by atoms with Gasteiger partial charge in [-0.05, 0) is 30.2 Å². The molecule has 0 fully saturated rings. The van der Waals surface area contributed by atoms with Crippen LogP contribution in [0, 0.1) is 0 Å². The van der Waals surface area contributed by atoms with Gasteiger partial charge in [0.05, 0.1) is 12.6 Å². The molecule has 0 aliphatic rings. The lowest BCUT2D eigenvalue weighted by Crippen LogP contribution is -2.07. The molecule has 0 radical (unpaired) electrons. The molecule has 1 heterocycles. The van der Waals surface area contributed by atoms with E-state index in [0.717, 1.165) is 35.4 Å². The molecule has 0 saturated carbocycles. The number of hydrogen-bond acceptors (Lipinski definition) is 6. The van der Waals surface area contributed by atoms with Gasteiger partial charge in [0.2, 0.25) is 0 Å². The average Bonchev–Trinajstić information content (AvgIpc) is 2.60. The standard InChI is InChI=1S/C17H17IN4O2/c1-23-15-9-14-13(8-16(15)24-18)17(22-10-21-14)20-6-5-11-3-2-4-12(19)7-11/h2-4,7-10H,5-6,19H2,1H3,(H,20,21,22). The maximum Gasteiger partial charge on any atom is 0.192 e. The van der Waals surface area contributed by atoms with Crippen LogP contribution < -0.4 is 18.9 Å². The Kier molecular flexibility index (Phi) is 5.19. The zero-order valence-corrected chi connectivity index (χ0v) is 15.3. The van der Waals surface area contributed by atoms with Crippen LogP contribution in [0.2, 0.25) is 0 Å². The molecule has 2 aromatic carbocycles. The van der Waals surface area contributed by atoms with Crippen molar-refractivity contribution < 1.29 is 7.80 Å². The van der Waals surface area contributed by atoms with E-state index < -0.39 is 0 Å². The van der Waals surface area contributed by atoms with Crippen LogP contribution >= 0.6 is 23.0 Å². The average molecular weight is 436 g/mol. The molecule has 6 nitrogen and oxygen atoms in total. The number of nitrogens with one attached hydrogen (secondary N) is 1. The van der Waals surface area contributed by atoms with Gasteiger partial charge in [0.15, 0.2) is 34.5 Å². The molecule has 124 valence electrons. The smallest absolute Gasteiger partial charge is 0.192 e. The number of fused-ring (bicyclic) bond motifs is 1. The van der Waals surface area contributed by atoms with Gasteiger partial charge in [-0.3, -0.25) is 0 Å². The monoisotopic (exact) mass is 436 g/mol. The zero-order valence-electron chi connectivity index (χ0n) is 13.1. The van der Waals surface area contributed by atoms with Crippen LogP contribution in [0.15, 0.2) is 42.7 Å². The minimum atomic E-state index is 0.638. The van der Waals surface area contributed by atoms with Gasteiger partial charge in [-0.25, -0.2) is 9.97 Å². The van der Waals surface area contributed by atoms with Crippen molar-refractivity contribution in [3.05, 3.63) is 48.3 Å². The van der Waals surface area contributed by atoms with E-state index in [1.165, 1.54) is 11.9 Å².